The number of nitrogens with one attached hydrogen (secondary N) is 3. The van der Waals surface area contributed by atoms with Gasteiger partial charge in [-0.1, -0.05) is 76.6 Å². The number of hydrogen-bond donors (Lipinski definition) is 4. The summed E-state index contributed by atoms with van der Waals surface area (Å²) in [7, 11) is 0. The van der Waals surface area contributed by atoms with Crippen molar-refractivity contribution in [1.29, 1.82) is 0 Å². The van der Waals surface area contributed by atoms with Gasteiger partial charge in [0.1, 0.15) is 18.1 Å². The van der Waals surface area contributed by atoms with E-state index in [9.17, 15) is 29.1 Å². The second kappa shape index (κ2) is 12.4. The normalized spacial score (nSPS) is 14.4. The number of fused-ring (bicyclic) bond motifs is 1. The van der Waals surface area contributed by atoms with Crippen LogP contribution in [-0.4, -0.2) is 44.5 Å². The van der Waals surface area contributed by atoms with Gasteiger partial charge in [0.05, 0.1) is 10.9 Å². The van der Waals surface area contributed by atoms with Crippen molar-refractivity contribution in [2.24, 2.45) is 11.8 Å². The second-order valence-electron chi connectivity index (χ2n) is 9.80. The van der Waals surface area contributed by atoms with E-state index in [0.717, 1.165) is 4.57 Å². The van der Waals surface area contributed by atoms with Crippen LogP contribution in [0.4, 0.5) is 0 Å². The van der Waals surface area contributed by atoms with E-state index in [1.54, 1.807) is 69.3 Å². The summed E-state index contributed by atoms with van der Waals surface area (Å²) in [6, 6.07) is 12.0. The molecule has 0 aliphatic rings. The third kappa shape index (κ3) is 6.37. The molecular formula is C28H34N4O6. The van der Waals surface area contributed by atoms with Gasteiger partial charge in [-0.2, -0.15) is 0 Å². The largest absolute Gasteiger partial charge is 0.480 e. The minimum absolute atomic E-state index is 0.0204. The highest BCUT2D eigenvalue weighted by Gasteiger charge is 2.34. The van der Waals surface area contributed by atoms with Crippen molar-refractivity contribution in [2.45, 2.75) is 58.7 Å². The fourth-order valence-electron chi connectivity index (χ4n) is 4.31. The maximum Gasteiger partial charge on any atom is 0.329 e. The molecule has 0 spiro atoms. The van der Waals surface area contributed by atoms with Crippen molar-refractivity contribution >= 4 is 28.7 Å². The van der Waals surface area contributed by atoms with Crippen molar-refractivity contribution in [1.82, 2.24) is 20.2 Å². The summed E-state index contributed by atoms with van der Waals surface area (Å²) in [6.07, 6.45) is 0.532. The van der Waals surface area contributed by atoms with Crippen LogP contribution in [0.5, 0.6) is 0 Å². The molecule has 0 fully saturated rings. The summed E-state index contributed by atoms with van der Waals surface area (Å²) in [5.74, 6) is -3.27. The predicted octanol–water partition coefficient (Wildman–Crippen LogP) is 2.23. The number of H-pyrrole nitrogens is 1. The lowest BCUT2D eigenvalue weighted by Crippen LogP contribution is -2.57. The van der Waals surface area contributed by atoms with Gasteiger partial charge in [-0.3, -0.25) is 14.4 Å². The third-order valence-corrected chi connectivity index (χ3v) is 6.75. The Morgan fingerprint density at radius 1 is 0.895 bits per heavy atom. The standard InChI is InChI=1S/C28H34N4O6/c1-5-17(4)23(25(34)30-22(16(2)3)27(36)37)31-24(33)21(15-18-11-7-6-8-12-18)32-26(35)19-13-9-10-14-20(19)29-28(32)38/h6-14,16-17,21-23H,5,15H2,1-4H3,(H,29,38)(H,30,34)(H,31,33)(H,36,37)/t17-,21-,22+,23-/m0/s1. The van der Waals surface area contributed by atoms with Crippen molar-refractivity contribution in [3.63, 3.8) is 0 Å². The molecule has 0 unspecified atom stereocenters. The van der Waals surface area contributed by atoms with E-state index in [0.29, 0.717) is 17.5 Å². The summed E-state index contributed by atoms with van der Waals surface area (Å²) in [4.78, 5) is 67.8. The first-order valence-corrected chi connectivity index (χ1v) is 12.7. The van der Waals surface area contributed by atoms with E-state index in [-0.39, 0.29) is 23.6 Å². The molecule has 0 saturated carbocycles. The number of carbonyl (C=O) groups is 3. The molecule has 0 aliphatic carbocycles. The maximum atomic E-state index is 13.8. The molecule has 0 bridgehead atoms. The number of carbonyl (C=O) groups excluding carboxylic acids is 2. The minimum Gasteiger partial charge on any atom is -0.480 e. The summed E-state index contributed by atoms with van der Waals surface area (Å²) in [6.45, 7) is 6.94. The Hall–Kier alpha value is -4.21. The number of hydrogen-bond acceptors (Lipinski definition) is 5. The lowest BCUT2D eigenvalue weighted by Gasteiger charge is -2.28. The van der Waals surface area contributed by atoms with Crippen LogP contribution in [-0.2, 0) is 20.8 Å². The smallest absolute Gasteiger partial charge is 0.329 e. The quantitative estimate of drug-likeness (QED) is 0.303. The first-order valence-electron chi connectivity index (χ1n) is 12.7. The summed E-state index contributed by atoms with van der Waals surface area (Å²) >= 11 is 0. The number of rotatable bonds is 11. The van der Waals surface area contributed by atoms with Gasteiger partial charge in [0.2, 0.25) is 11.8 Å². The first-order chi connectivity index (χ1) is 18.0. The number of carboxylic acid groups (broad SMARTS) is 1. The number of para-hydroxylation sites is 1. The van der Waals surface area contributed by atoms with Crippen LogP contribution >= 0.6 is 0 Å². The zero-order valence-corrected chi connectivity index (χ0v) is 21.9. The van der Waals surface area contributed by atoms with Gasteiger partial charge in [0.25, 0.3) is 5.56 Å². The summed E-state index contributed by atoms with van der Waals surface area (Å²) in [5, 5.41) is 15.0. The van der Waals surface area contributed by atoms with Crippen LogP contribution in [0.3, 0.4) is 0 Å². The van der Waals surface area contributed by atoms with Crippen LogP contribution in [0.15, 0.2) is 64.2 Å². The Balaban J connectivity index is 2.04. The van der Waals surface area contributed by atoms with Crippen molar-refractivity contribution < 1.29 is 19.5 Å². The third-order valence-electron chi connectivity index (χ3n) is 6.75. The summed E-state index contributed by atoms with van der Waals surface area (Å²) in [5.41, 5.74) is -0.318. The molecule has 4 N–H and O–H groups in total. The number of carboxylic acids is 1. The molecule has 0 saturated heterocycles. The number of aliphatic carboxylic acids is 1. The predicted molar refractivity (Wildman–Crippen MR) is 144 cm³/mol. The monoisotopic (exact) mass is 522 g/mol. The fraction of sp³-hybridized carbons (Fsp3) is 0.393. The molecule has 0 radical (unpaired) electrons. The van der Waals surface area contributed by atoms with E-state index < -0.39 is 47.2 Å². The molecule has 10 heteroatoms. The average molecular weight is 523 g/mol. The Morgan fingerprint density at radius 3 is 2.11 bits per heavy atom. The Bertz CT molecular complexity index is 1410. The molecule has 3 aromatic rings. The molecule has 3 rings (SSSR count). The van der Waals surface area contributed by atoms with E-state index >= 15 is 0 Å². The van der Waals surface area contributed by atoms with Crippen molar-refractivity contribution in [3.8, 4) is 0 Å². The van der Waals surface area contributed by atoms with E-state index in [1.165, 1.54) is 0 Å². The van der Waals surface area contributed by atoms with Crippen LogP contribution < -0.4 is 21.9 Å². The van der Waals surface area contributed by atoms with Gasteiger partial charge in [-0.25, -0.2) is 14.2 Å². The van der Waals surface area contributed by atoms with Gasteiger partial charge < -0.3 is 20.7 Å². The molecule has 0 aliphatic heterocycles. The SMILES string of the molecule is CC[C@H](C)[C@H](NC(=O)[C@H](Cc1ccccc1)n1c(=O)[nH]c2ccccc2c1=O)C(=O)N[C@@H](C(=O)O)C(C)C. The Labute approximate surface area is 220 Å². The Kier molecular flexibility index (Phi) is 9.22. The van der Waals surface area contributed by atoms with Crippen LogP contribution in [0.25, 0.3) is 10.9 Å². The molecule has 4 atom stereocenters. The van der Waals surface area contributed by atoms with Crippen molar-refractivity contribution in [3.05, 3.63) is 81.0 Å². The van der Waals surface area contributed by atoms with Crippen molar-refractivity contribution in [2.75, 3.05) is 0 Å². The van der Waals surface area contributed by atoms with E-state index in [1.807, 2.05) is 13.0 Å². The van der Waals surface area contributed by atoms with Gasteiger partial charge in [-0.15, -0.1) is 0 Å². The average Bonchev–Trinajstić information content (AvgIpc) is 2.89. The van der Waals surface area contributed by atoms with Gasteiger partial charge in [0, 0.05) is 6.42 Å². The van der Waals surface area contributed by atoms with Crippen LogP contribution in [0, 0.1) is 11.8 Å². The van der Waals surface area contributed by atoms with Crippen LogP contribution in [0.2, 0.25) is 0 Å². The Morgan fingerprint density at radius 2 is 1.50 bits per heavy atom. The second-order valence-corrected chi connectivity index (χ2v) is 9.80. The topological polar surface area (TPSA) is 150 Å². The minimum atomic E-state index is -1.27. The first kappa shape index (κ1) is 28.4. The summed E-state index contributed by atoms with van der Waals surface area (Å²) < 4.78 is 0.879. The van der Waals surface area contributed by atoms with E-state index in [4.69, 9.17) is 0 Å². The number of aromatic nitrogens is 2. The number of benzene rings is 2. The molecular weight excluding hydrogens is 488 g/mol. The zero-order chi connectivity index (χ0) is 28.0. The highest BCUT2D eigenvalue weighted by molar-refractivity contribution is 5.92. The molecule has 2 amide bonds. The highest BCUT2D eigenvalue weighted by atomic mass is 16.4. The van der Waals surface area contributed by atoms with Crippen LogP contribution in [0.1, 0.15) is 45.7 Å². The highest BCUT2D eigenvalue weighted by Crippen LogP contribution is 2.16. The fourth-order valence-corrected chi connectivity index (χ4v) is 4.31. The lowest BCUT2D eigenvalue weighted by atomic mass is 9.96. The van der Waals surface area contributed by atoms with E-state index in [2.05, 4.69) is 15.6 Å². The van der Waals surface area contributed by atoms with Gasteiger partial charge in [0.15, 0.2) is 0 Å². The maximum absolute atomic E-state index is 13.8. The molecule has 38 heavy (non-hydrogen) atoms. The number of nitrogens with zero attached hydrogens (tertiary/aromatic N) is 1. The van der Waals surface area contributed by atoms with Gasteiger partial charge in [-0.05, 0) is 29.5 Å². The number of aromatic amines is 1. The molecule has 10 nitrogen and oxygen atoms in total. The number of amides is 2. The van der Waals surface area contributed by atoms with Gasteiger partial charge >= 0.3 is 11.7 Å². The lowest BCUT2D eigenvalue weighted by molar-refractivity contribution is -0.143. The molecule has 2 aromatic carbocycles. The molecule has 202 valence electrons. The molecule has 1 heterocycles. The zero-order valence-electron chi connectivity index (χ0n) is 21.9. The molecule has 1 aromatic heterocycles.